The zero-order valence-corrected chi connectivity index (χ0v) is 14.7. The highest BCUT2D eigenvalue weighted by Crippen LogP contribution is 2.33. The van der Waals surface area contributed by atoms with E-state index in [1.807, 2.05) is 34.9 Å². The molecule has 0 aliphatic heterocycles. The van der Waals surface area contributed by atoms with Gasteiger partial charge in [0.25, 0.3) is 0 Å². The van der Waals surface area contributed by atoms with Crippen molar-refractivity contribution in [3.8, 4) is 22.9 Å². The van der Waals surface area contributed by atoms with Crippen LogP contribution in [-0.4, -0.2) is 29.0 Å². The fourth-order valence-electron chi connectivity index (χ4n) is 2.44. The first-order valence-electron chi connectivity index (χ1n) is 7.17. The summed E-state index contributed by atoms with van der Waals surface area (Å²) in [5.41, 5.74) is 1.67. The van der Waals surface area contributed by atoms with Crippen LogP contribution in [0.1, 0.15) is 5.56 Å². The Labute approximate surface area is 149 Å². The van der Waals surface area contributed by atoms with Gasteiger partial charge < -0.3 is 14.0 Å². The molecule has 0 bridgehead atoms. The van der Waals surface area contributed by atoms with Crippen molar-refractivity contribution >= 4 is 23.2 Å². The highest BCUT2D eigenvalue weighted by molar-refractivity contribution is 6.43. The number of halogens is 2. The first-order valence-corrected chi connectivity index (χ1v) is 7.92. The molecule has 5 nitrogen and oxygen atoms in total. The van der Waals surface area contributed by atoms with Gasteiger partial charge in [-0.15, -0.1) is 10.2 Å². The van der Waals surface area contributed by atoms with Crippen LogP contribution in [0.5, 0.6) is 11.5 Å². The number of aromatic nitrogens is 3. The van der Waals surface area contributed by atoms with E-state index in [9.17, 15) is 0 Å². The van der Waals surface area contributed by atoms with E-state index < -0.39 is 0 Å². The van der Waals surface area contributed by atoms with E-state index in [0.29, 0.717) is 22.4 Å². The number of nitrogens with zero attached hydrogens (tertiary/aromatic N) is 3. The Balaban J connectivity index is 2.02. The van der Waals surface area contributed by atoms with Crippen molar-refractivity contribution in [1.29, 1.82) is 0 Å². The molecule has 0 saturated carbocycles. The molecule has 0 spiro atoms. The summed E-state index contributed by atoms with van der Waals surface area (Å²) in [4.78, 5) is 0. The zero-order valence-electron chi connectivity index (χ0n) is 13.2. The molecule has 0 N–H and O–H groups in total. The first kappa shape index (κ1) is 16.6. The van der Waals surface area contributed by atoms with E-state index in [2.05, 4.69) is 10.2 Å². The Hall–Kier alpha value is -2.24. The van der Waals surface area contributed by atoms with Crippen LogP contribution in [0.2, 0.25) is 10.0 Å². The van der Waals surface area contributed by atoms with Gasteiger partial charge in [0.1, 0.15) is 17.8 Å². The van der Waals surface area contributed by atoms with Crippen LogP contribution in [-0.2, 0) is 6.54 Å². The quantitative estimate of drug-likeness (QED) is 0.677. The highest BCUT2D eigenvalue weighted by Gasteiger charge is 2.15. The van der Waals surface area contributed by atoms with Gasteiger partial charge in [-0.05, 0) is 30.3 Å². The molecule has 0 saturated heterocycles. The second-order valence-electron chi connectivity index (χ2n) is 5.06. The fourth-order valence-corrected chi connectivity index (χ4v) is 2.83. The molecule has 0 aliphatic carbocycles. The number of hydrogen-bond donors (Lipinski definition) is 0. The number of hydrogen-bond acceptors (Lipinski definition) is 4. The Morgan fingerprint density at radius 2 is 1.92 bits per heavy atom. The predicted molar refractivity (Wildman–Crippen MR) is 94.1 cm³/mol. The molecule has 0 atom stereocenters. The maximum Gasteiger partial charge on any atom is 0.165 e. The van der Waals surface area contributed by atoms with Crippen molar-refractivity contribution < 1.29 is 9.47 Å². The van der Waals surface area contributed by atoms with Crippen molar-refractivity contribution in [2.45, 2.75) is 6.54 Å². The molecular weight excluding hydrogens is 349 g/mol. The summed E-state index contributed by atoms with van der Waals surface area (Å²) in [6.45, 7) is 0.506. The van der Waals surface area contributed by atoms with Crippen LogP contribution in [0.3, 0.4) is 0 Å². The molecule has 2 aromatic carbocycles. The van der Waals surface area contributed by atoms with Crippen molar-refractivity contribution in [2.75, 3.05) is 14.2 Å². The number of benzene rings is 2. The number of ether oxygens (including phenoxy) is 2. The van der Waals surface area contributed by atoms with Crippen molar-refractivity contribution in [1.82, 2.24) is 14.8 Å². The topological polar surface area (TPSA) is 49.2 Å². The minimum atomic E-state index is 0.450. The van der Waals surface area contributed by atoms with Crippen LogP contribution in [0, 0.1) is 0 Å². The molecular formula is C17H15Cl2N3O2. The van der Waals surface area contributed by atoms with E-state index in [1.165, 1.54) is 0 Å². The Bertz CT molecular complexity index is 865. The molecule has 3 aromatic rings. The minimum absolute atomic E-state index is 0.450. The number of methoxy groups -OCH3 is 2. The van der Waals surface area contributed by atoms with Crippen molar-refractivity contribution in [3.63, 3.8) is 0 Å². The van der Waals surface area contributed by atoms with Crippen LogP contribution in [0.4, 0.5) is 0 Å². The second kappa shape index (κ2) is 7.11. The summed E-state index contributed by atoms with van der Waals surface area (Å²) in [7, 11) is 3.26. The monoisotopic (exact) mass is 363 g/mol. The van der Waals surface area contributed by atoms with Gasteiger partial charge in [0.05, 0.1) is 30.8 Å². The molecule has 124 valence electrons. The maximum absolute atomic E-state index is 6.31. The van der Waals surface area contributed by atoms with Gasteiger partial charge in [-0.25, -0.2) is 0 Å². The highest BCUT2D eigenvalue weighted by atomic mass is 35.5. The summed E-state index contributed by atoms with van der Waals surface area (Å²) in [6.07, 6.45) is 1.64. The Morgan fingerprint density at radius 1 is 1.08 bits per heavy atom. The third-order valence-corrected chi connectivity index (χ3v) is 4.46. The molecule has 0 unspecified atom stereocenters. The van der Waals surface area contributed by atoms with E-state index in [1.54, 1.807) is 26.6 Å². The van der Waals surface area contributed by atoms with Crippen LogP contribution in [0.25, 0.3) is 11.4 Å². The lowest BCUT2D eigenvalue weighted by Crippen LogP contribution is -2.04. The zero-order chi connectivity index (χ0) is 17.1. The molecule has 3 rings (SSSR count). The van der Waals surface area contributed by atoms with Gasteiger partial charge in [-0.3, -0.25) is 0 Å². The first-order chi connectivity index (χ1) is 11.6. The fraction of sp³-hybridized carbons (Fsp3) is 0.176. The van der Waals surface area contributed by atoms with E-state index in [4.69, 9.17) is 32.7 Å². The molecule has 1 heterocycles. The summed E-state index contributed by atoms with van der Waals surface area (Å²) in [5, 5.41) is 9.11. The minimum Gasteiger partial charge on any atom is -0.497 e. The van der Waals surface area contributed by atoms with Crippen LogP contribution < -0.4 is 9.47 Å². The van der Waals surface area contributed by atoms with E-state index in [0.717, 1.165) is 22.6 Å². The molecule has 0 amide bonds. The third kappa shape index (κ3) is 3.18. The Morgan fingerprint density at radius 3 is 2.67 bits per heavy atom. The van der Waals surface area contributed by atoms with Gasteiger partial charge in [-0.1, -0.05) is 29.3 Å². The third-order valence-electron chi connectivity index (χ3n) is 3.64. The van der Waals surface area contributed by atoms with Crippen molar-refractivity contribution in [2.24, 2.45) is 0 Å². The smallest absolute Gasteiger partial charge is 0.165 e. The van der Waals surface area contributed by atoms with Gasteiger partial charge in [0.15, 0.2) is 5.82 Å². The van der Waals surface area contributed by atoms with Crippen LogP contribution >= 0.6 is 23.2 Å². The molecule has 0 aliphatic rings. The van der Waals surface area contributed by atoms with Gasteiger partial charge in [0, 0.05) is 11.1 Å². The molecule has 0 radical (unpaired) electrons. The molecule has 0 fully saturated rings. The summed E-state index contributed by atoms with van der Waals surface area (Å²) < 4.78 is 12.6. The molecule has 7 heteroatoms. The summed E-state index contributed by atoms with van der Waals surface area (Å²) in [5.74, 6) is 2.14. The van der Waals surface area contributed by atoms with Gasteiger partial charge in [0.2, 0.25) is 0 Å². The van der Waals surface area contributed by atoms with Gasteiger partial charge in [-0.2, -0.15) is 0 Å². The number of rotatable bonds is 5. The average molecular weight is 364 g/mol. The lowest BCUT2D eigenvalue weighted by atomic mass is 10.1. The van der Waals surface area contributed by atoms with Crippen molar-refractivity contribution in [3.05, 3.63) is 58.3 Å². The Kier molecular flexibility index (Phi) is 4.92. The second-order valence-corrected chi connectivity index (χ2v) is 5.85. The largest absolute Gasteiger partial charge is 0.497 e. The summed E-state index contributed by atoms with van der Waals surface area (Å²) >= 11 is 12.4. The summed E-state index contributed by atoms with van der Waals surface area (Å²) in [6, 6.07) is 11.1. The predicted octanol–water partition coefficient (Wildman–Crippen LogP) is 4.32. The van der Waals surface area contributed by atoms with E-state index in [-0.39, 0.29) is 0 Å². The van der Waals surface area contributed by atoms with Crippen LogP contribution in [0.15, 0.2) is 42.7 Å². The average Bonchev–Trinajstić information content (AvgIpc) is 3.05. The van der Waals surface area contributed by atoms with Gasteiger partial charge >= 0.3 is 0 Å². The normalized spacial score (nSPS) is 10.7. The molecule has 24 heavy (non-hydrogen) atoms. The molecule has 1 aromatic heterocycles. The maximum atomic E-state index is 6.31. The lowest BCUT2D eigenvalue weighted by molar-refractivity contribution is 0.397. The SMILES string of the molecule is COc1ccc(OC)c(Cn2cnnc2-c2cccc(Cl)c2Cl)c1. The standard InChI is InChI=1S/C17H15Cl2N3O2/c1-23-12-6-7-15(24-2)11(8-12)9-22-10-20-21-17(22)13-4-3-5-14(18)16(13)19/h3-8,10H,9H2,1-2H3. The lowest BCUT2D eigenvalue weighted by Gasteiger charge is -2.13. The van der Waals surface area contributed by atoms with E-state index >= 15 is 0 Å².